The Hall–Kier alpha value is -2.93. The second-order valence-corrected chi connectivity index (χ2v) is 7.17. The van der Waals surface area contributed by atoms with Crippen LogP contribution in [0, 0.1) is 0 Å². The molecule has 28 heavy (non-hydrogen) atoms. The van der Waals surface area contributed by atoms with Gasteiger partial charge in [-0.2, -0.15) is 5.10 Å². The van der Waals surface area contributed by atoms with E-state index in [0.29, 0.717) is 18.7 Å². The first kappa shape index (κ1) is 19.8. The molecule has 0 saturated heterocycles. The Morgan fingerprint density at radius 3 is 2.54 bits per heavy atom. The fourth-order valence-electron chi connectivity index (χ4n) is 2.62. The molecule has 0 radical (unpaired) electrons. The first-order chi connectivity index (χ1) is 13.5. The molecule has 6 nitrogen and oxygen atoms in total. The van der Waals surface area contributed by atoms with E-state index >= 15 is 0 Å². The molecule has 0 spiro atoms. The standard InChI is InChI=1S/C21H20BrN3O3/c1-24(14-18-5-2-3-6-19(18)22)20(26)15-28-21(27)17-9-7-16(8-10-17)13-25-12-4-11-23-25/h2-12H,13-15H2,1H3. The van der Waals surface area contributed by atoms with Crippen LogP contribution in [0.25, 0.3) is 0 Å². The Bertz CT molecular complexity index is 940. The topological polar surface area (TPSA) is 64.4 Å². The molecule has 0 unspecified atom stereocenters. The molecule has 0 aliphatic rings. The molecule has 3 aromatic rings. The lowest BCUT2D eigenvalue weighted by Crippen LogP contribution is -2.31. The van der Waals surface area contributed by atoms with Crippen molar-refractivity contribution < 1.29 is 14.3 Å². The normalized spacial score (nSPS) is 10.5. The SMILES string of the molecule is CN(Cc1ccccc1Br)C(=O)COC(=O)c1ccc(Cn2cccn2)cc1. The zero-order chi connectivity index (χ0) is 19.9. The van der Waals surface area contributed by atoms with E-state index < -0.39 is 5.97 Å². The molecule has 3 rings (SSSR count). The first-order valence-corrected chi connectivity index (χ1v) is 9.53. The van der Waals surface area contributed by atoms with Crippen LogP contribution < -0.4 is 0 Å². The van der Waals surface area contributed by atoms with Crippen molar-refractivity contribution in [1.29, 1.82) is 0 Å². The van der Waals surface area contributed by atoms with Crippen LogP contribution in [0.3, 0.4) is 0 Å². The van der Waals surface area contributed by atoms with Crippen LogP contribution >= 0.6 is 15.9 Å². The van der Waals surface area contributed by atoms with Gasteiger partial charge in [0.2, 0.25) is 0 Å². The number of ether oxygens (including phenoxy) is 1. The van der Waals surface area contributed by atoms with E-state index in [1.165, 1.54) is 4.90 Å². The third-order valence-corrected chi connectivity index (χ3v) is 4.98. The minimum Gasteiger partial charge on any atom is -0.452 e. The molecule has 1 aromatic heterocycles. The number of esters is 1. The van der Waals surface area contributed by atoms with Gasteiger partial charge in [0.05, 0.1) is 12.1 Å². The highest BCUT2D eigenvalue weighted by molar-refractivity contribution is 9.10. The lowest BCUT2D eigenvalue weighted by atomic mass is 10.1. The molecule has 144 valence electrons. The molecule has 1 heterocycles. The molecule has 0 fully saturated rings. The lowest BCUT2D eigenvalue weighted by molar-refractivity contribution is -0.133. The van der Waals surface area contributed by atoms with Gasteiger partial charge in [-0.25, -0.2) is 4.79 Å². The molecular weight excluding hydrogens is 422 g/mol. The van der Waals surface area contributed by atoms with Crippen LogP contribution in [0.2, 0.25) is 0 Å². The number of carbonyl (C=O) groups is 2. The molecule has 0 atom stereocenters. The van der Waals surface area contributed by atoms with E-state index in [2.05, 4.69) is 21.0 Å². The van der Waals surface area contributed by atoms with Gasteiger partial charge in [0, 0.05) is 30.5 Å². The Balaban J connectivity index is 1.50. The van der Waals surface area contributed by atoms with E-state index in [-0.39, 0.29) is 12.5 Å². The van der Waals surface area contributed by atoms with Gasteiger partial charge < -0.3 is 9.64 Å². The van der Waals surface area contributed by atoms with E-state index in [1.807, 2.05) is 48.7 Å². The summed E-state index contributed by atoms with van der Waals surface area (Å²) in [5.41, 5.74) is 2.41. The predicted molar refractivity (Wildman–Crippen MR) is 109 cm³/mol. The first-order valence-electron chi connectivity index (χ1n) is 8.74. The minimum absolute atomic E-state index is 0.264. The third-order valence-electron chi connectivity index (χ3n) is 4.21. The largest absolute Gasteiger partial charge is 0.452 e. The summed E-state index contributed by atoms with van der Waals surface area (Å²) >= 11 is 3.46. The molecule has 0 N–H and O–H groups in total. The predicted octanol–water partition coefficient (Wildman–Crippen LogP) is 3.51. The van der Waals surface area contributed by atoms with E-state index in [1.54, 1.807) is 30.1 Å². The van der Waals surface area contributed by atoms with Crippen LogP contribution in [0.5, 0.6) is 0 Å². The Morgan fingerprint density at radius 1 is 1.11 bits per heavy atom. The number of benzene rings is 2. The number of rotatable bonds is 7. The van der Waals surface area contributed by atoms with Gasteiger partial charge in [-0.1, -0.05) is 46.3 Å². The summed E-state index contributed by atoms with van der Waals surface area (Å²) < 4.78 is 7.90. The highest BCUT2D eigenvalue weighted by Crippen LogP contribution is 2.17. The highest BCUT2D eigenvalue weighted by atomic mass is 79.9. The van der Waals surface area contributed by atoms with Crippen molar-refractivity contribution in [1.82, 2.24) is 14.7 Å². The maximum Gasteiger partial charge on any atom is 0.338 e. The maximum atomic E-state index is 12.2. The quantitative estimate of drug-likeness (QED) is 0.526. The van der Waals surface area contributed by atoms with Gasteiger partial charge in [0.15, 0.2) is 6.61 Å². The van der Waals surface area contributed by atoms with Gasteiger partial charge in [-0.15, -0.1) is 0 Å². The van der Waals surface area contributed by atoms with Crippen molar-refractivity contribution in [2.24, 2.45) is 0 Å². The number of carbonyl (C=O) groups excluding carboxylic acids is 2. The summed E-state index contributed by atoms with van der Waals surface area (Å²) in [4.78, 5) is 26.0. The Morgan fingerprint density at radius 2 is 1.86 bits per heavy atom. The molecule has 0 saturated carbocycles. The van der Waals surface area contributed by atoms with Gasteiger partial charge in [0.25, 0.3) is 5.91 Å². The zero-order valence-corrected chi connectivity index (χ0v) is 17.0. The molecule has 2 aromatic carbocycles. The average molecular weight is 442 g/mol. The summed E-state index contributed by atoms with van der Waals surface area (Å²) in [6.45, 7) is 0.759. The van der Waals surface area contributed by atoms with Crippen molar-refractivity contribution >= 4 is 27.8 Å². The van der Waals surface area contributed by atoms with E-state index in [0.717, 1.165) is 15.6 Å². The minimum atomic E-state index is -0.520. The monoisotopic (exact) mass is 441 g/mol. The van der Waals surface area contributed by atoms with E-state index in [4.69, 9.17) is 4.74 Å². The van der Waals surface area contributed by atoms with Crippen molar-refractivity contribution in [2.75, 3.05) is 13.7 Å². The van der Waals surface area contributed by atoms with E-state index in [9.17, 15) is 9.59 Å². The molecule has 7 heteroatoms. The average Bonchev–Trinajstić information content (AvgIpc) is 3.21. The number of hydrogen-bond acceptors (Lipinski definition) is 4. The van der Waals surface area contributed by atoms with Gasteiger partial charge in [0.1, 0.15) is 0 Å². The second-order valence-electron chi connectivity index (χ2n) is 6.32. The van der Waals surface area contributed by atoms with Gasteiger partial charge >= 0.3 is 5.97 Å². The van der Waals surface area contributed by atoms with Gasteiger partial charge in [-0.3, -0.25) is 9.48 Å². The summed E-state index contributed by atoms with van der Waals surface area (Å²) in [6, 6.07) is 16.6. The number of hydrogen-bond donors (Lipinski definition) is 0. The molecule has 0 bridgehead atoms. The van der Waals surface area contributed by atoms with Crippen LogP contribution in [0.4, 0.5) is 0 Å². The molecule has 0 aliphatic heterocycles. The van der Waals surface area contributed by atoms with Crippen LogP contribution in [0.1, 0.15) is 21.5 Å². The van der Waals surface area contributed by atoms with Crippen molar-refractivity contribution in [3.63, 3.8) is 0 Å². The van der Waals surface area contributed by atoms with Crippen molar-refractivity contribution in [2.45, 2.75) is 13.1 Å². The summed E-state index contributed by atoms with van der Waals surface area (Å²) in [7, 11) is 1.68. The van der Waals surface area contributed by atoms with Crippen LogP contribution in [0.15, 0.2) is 71.5 Å². The van der Waals surface area contributed by atoms with Crippen molar-refractivity contribution in [3.8, 4) is 0 Å². The number of aromatic nitrogens is 2. The van der Waals surface area contributed by atoms with Crippen molar-refractivity contribution in [3.05, 3.63) is 88.2 Å². The number of likely N-dealkylation sites (N-methyl/N-ethyl adjacent to an activating group) is 1. The Kier molecular flexibility index (Phi) is 6.60. The van der Waals surface area contributed by atoms with Crippen LogP contribution in [-0.4, -0.2) is 40.2 Å². The smallest absolute Gasteiger partial charge is 0.338 e. The summed E-state index contributed by atoms with van der Waals surface area (Å²) in [5, 5.41) is 4.15. The summed E-state index contributed by atoms with van der Waals surface area (Å²) in [6.07, 6.45) is 3.59. The maximum absolute atomic E-state index is 12.2. The summed E-state index contributed by atoms with van der Waals surface area (Å²) in [5.74, 6) is -0.785. The lowest BCUT2D eigenvalue weighted by Gasteiger charge is -2.18. The third kappa shape index (κ3) is 5.29. The number of nitrogens with zero attached hydrogens (tertiary/aromatic N) is 3. The van der Waals surface area contributed by atoms with Gasteiger partial charge in [-0.05, 0) is 35.4 Å². The molecular formula is C21H20BrN3O3. The fraction of sp³-hybridized carbons (Fsp3) is 0.190. The number of halogens is 1. The highest BCUT2D eigenvalue weighted by Gasteiger charge is 2.14. The Labute approximate surface area is 171 Å². The zero-order valence-electron chi connectivity index (χ0n) is 15.4. The van der Waals surface area contributed by atoms with Crippen LogP contribution in [-0.2, 0) is 22.6 Å². The molecule has 1 amide bonds. The number of amides is 1. The molecule has 0 aliphatic carbocycles. The second kappa shape index (κ2) is 9.32. The fourth-order valence-corrected chi connectivity index (χ4v) is 3.03.